The van der Waals surface area contributed by atoms with Crippen molar-refractivity contribution in [2.75, 3.05) is 0 Å². The van der Waals surface area contributed by atoms with Crippen molar-refractivity contribution in [3.8, 4) is 89.0 Å². The van der Waals surface area contributed by atoms with E-state index in [2.05, 4.69) is 267 Å². The number of aromatic nitrogens is 8. The van der Waals surface area contributed by atoms with Crippen molar-refractivity contribution < 1.29 is 33.0 Å². The summed E-state index contributed by atoms with van der Waals surface area (Å²) >= 11 is 0. The zero-order chi connectivity index (χ0) is 59.5. The molecule has 8 nitrogen and oxygen atoms in total. The van der Waals surface area contributed by atoms with Crippen LogP contribution in [0.25, 0.3) is 182 Å². The fourth-order valence-electron chi connectivity index (χ4n) is 13.0. The van der Waals surface area contributed by atoms with Crippen molar-refractivity contribution in [1.29, 1.82) is 0 Å². The molecule has 13 aromatic rings. The first-order valence-electron chi connectivity index (χ1n) is 30.2. The maximum Gasteiger partial charge on any atom is 2.00 e. The molecule has 0 spiro atoms. The van der Waals surface area contributed by atoms with Crippen LogP contribution in [0, 0.1) is 0 Å². The topological polar surface area (TPSA) is 108 Å². The van der Waals surface area contributed by atoms with E-state index in [0.717, 1.165) is 179 Å². The molecular weight excluding hydrogens is 1210 g/mol. The smallest absolute Gasteiger partial charge is 0.657 e. The molecular formula is C82H50N8Ni2. The summed E-state index contributed by atoms with van der Waals surface area (Å²) in [7, 11) is 0. The van der Waals surface area contributed by atoms with Gasteiger partial charge in [-0.1, -0.05) is 255 Å². The standard InChI is InChI=1S/C82H50N8.2Ni/c1-7-21-51(22-8-1)75-59-35-39-63(83-59)77(53-25-11-3-12-26-53)67-43-47-71(87-67)81(72-48-44-68(88-72)78(54-27-13-4-14-28-54)64-40-36-60(75)84-64)57-33-19-20-34-58(57)82-73-49-45-69(89-73)79(55-29-15-5-16-30-55)65-41-37-61(85-65)76(52-23-9-2-10-24-52)62-38-42-66(86-62)80(56-31-17-6-18-32-56)70-46-50-74(82)90-70;;/h1-50H;;/q-4;2*+2. The summed E-state index contributed by atoms with van der Waals surface area (Å²) in [4.78, 5) is 44.8. The van der Waals surface area contributed by atoms with Crippen LogP contribution in [-0.4, -0.2) is 19.9 Å². The Balaban J connectivity index is 0.00000351. The van der Waals surface area contributed by atoms with Gasteiger partial charge in [-0.15, -0.1) is 44.1 Å². The number of rotatable bonds is 8. The van der Waals surface area contributed by atoms with E-state index < -0.39 is 0 Å². The molecule has 0 fully saturated rings. The molecule has 4 aliphatic rings. The van der Waals surface area contributed by atoms with Crippen LogP contribution in [0.4, 0.5) is 0 Å². The molecule has 7 aromatic carbocycles. The minimum absolute atomic E-state index is 0. The molecule has 0 atom stereocenters. The second kappa shape index (κ2) is 24.3. The van der Waals surface area contributed by atoms with Gasteiger partial charge in [-0.05, 0) is 138 Å². The van der Waals surface area contributed by atoms with Crippen LogP contribution < -0.4 is 19.9 Å². The van der Waals surface area contributed by atoms with Gasteiger partial charge in [-0.25, -0.2) is 19.9 Å². The monoisotopic (exact) mass is 1260 g/mol. The molecule has 4 aliphatic heterocycles. The Kier molecular flexibility index (Phi) is 15.1. The molecule has 0 radical (unpaired) electrons. The van der Waals surface area contributed by atoms with Gasteiger partial charge in [0.05, 0.1) is 45.6 Å². The van der Waals surface area contributed by atoms with Crippen molar-refractivity contribution in [2.24, 2.45) is 0 Å². The third-order valence-electron chi connectivity index (χ3n) is 17.1. The first-order valence-corrected chi connectivity index (χ1v) is 30.2. The summed E-state index contributed by atoms with van der Waals surface area (Å²) in [5.41, 5.74) is 27.5. The number of benzene rings is 7. The molecule has 0 saturated heterocycles. The van der Waals surface area contributed by atoms with Crippen LogP contribution in [0.2, 0.25) is 0 Å². The number of nitrogens with zero attached hydrogens (tertiary/aromatic N) is 8. The van der Waals surface area contributed by atoms with Crippen LogP contribution in [0.15, 0.2) is 255 Å². The second-order valence-corrected chi connectivity index (χ2v) is 22.5. The van der Waals surface area contributed by atoms with Gasteiger partial charge < -0.3 is 19.9 Å². The van der Waals surface area contributed by atoms with Gasteiger partial charge in [0.1, 0.15) is 0 Å². The quantitative estimate of drug-likeness (QED) is 0.138. The summed E-state index contributed by atoms with van der Waals surface area (Å²) in [6.45, 7) is 0. The minimum atomic E-state index is 0. The molecule has 10 heterocycles. The van der Waals surface area contributed by atoms with E-state index in [1.54, 1.807) is 0 Å². The molecule has 92 heavy (non-hydrogen) atoms. The van der Waals surface area contributed by atoms with Crippen LogP contribution in [0.5, 0.6) is 0 Å². The third kappa shape index (κ3) is 10.2. The van der Waals surface area contributed by atoms with E-state index >= 15 is 0 Å². The van der Waals surface area contributed by atoms with Crippen LogP contribution in [-0.2, 0) is 33.0 Å². The molecule has 6 aromatic heterocycles. The molecule has 438 valence electrons. The van der Waals surface area contributed by atoms with Gasteiger partial charge in [0, 0.05) is 0 Å². The van der Waals surface area contributed by atoms with E-state index in [4.69, 9.17) is 39.9 Å². The predicted octanol–water partition coefficient (Wildman–Crippen LogP) is 19.5. The van der Waals surface area contributed by atoms with Gasteiger partial charge in [-0.2, -0.15) is 0 Å². The van der Waals surface area contributed by atoms with Gasteiger partial charge in [0.25, 0.3) is 0 Å². The van der Waals surface area contributed by atoms with E-state index in [0.29, 0.717) is 0 Å². The molecule has 0 amide bonds. The third-order valence-corrected chi connectivity index (χ3v) is 17.1. The molecule has 16 bridgehead atoms. The number of hydrogen-bond acceptors (Lipinski definition) is 4. The van der Waals surface area contributed by atoms with E-state index in [1.165, 1.54) is 0 Å². The predicted molar refractivity (Wildman–Crippen MR) is 371 cm³/mol. The molecule has 17 rings (SSSR count). The first-order chi connectivity index (χ1) is 44.6. The Bertz CT molecular complexity index is 5090. The van der Waals surface area contributed by atoms with Crippen molar-refractivity contribution >= 4 is 92.7 Å². The summed E-state index contributed by atoms with van der Waals surface area (Å²) in [6, 6.07) is 88.1. The molecule has 0 saturated carbocycles. The SMILES string of the molecule is C1=Cc2nc1c(-c1ccccc1)c1ccc([n-]1)c(-c1ccccc1)c1nc(c(-c3ccccc3-c3c4nc(c(-c5ccccc5)c5ccc([n-]5)c(-c5ccccc5)c5nc(c(-c6ccccc6)c6ccc3[n-]6)C=C5)C=C4)c3ccc([n-]3)c2-c2ccccc2)C=C1.[Ni+2].[Ni+2]. The molecule has 10 heteroatoms. The Morgan fingerprint density at radius 1 is 0.163 bits per heavy atom. The van der Waals surface area contributed by atoms with Crippen molar-refractivity contribution in [1.82, 2.24) is 39.9 Å². The average molecular weight is 1260 g/mol. The number of fused-ring (bicyclic) bond motifs is 16. The summed E-state index contributed by atoms with van der Waals surface area (Å²) in [6.07, 6.45) is 16.9. The Labute approximate surface area is 551 Å². The zero-order valence-electron chi connectivity index (χ0n) is 49.1. The maximum absolute atomic E-state index is 5.71. The van der Waals surface area contributed by atoms with Crippen LogP contribution in [0.3, 0.4) is 0 Å². The van der Waals surface area contributed by atoms with E-state index in [-0.39, 0.29) is 33.0 Å². The van der Waals surface area contributed by atoms with E-state index in [9.17, 15) is 0 Å². The van der Waals surface area contributed by atoms with Gasteiger partial charge in [-0.3, -0.25) is 0 Å². The largest absolute Gasteiger partial charge is 2.00 e. The maximum atomic E-state index is 5.71. The van der Waals surface area contributed by atoms with Gasteiger partial charge in [0.2, 0.25) is 0 Å². The average Bonchev–Trinajstić information content (AvgIpc) is 1.60. The van der Waals surface area contributed by atoms with E-state index in [1.807, 2.05) is 36.4 Å². The zero-order valence-corrected chi connectivity index (χ0v) is 51.1. The van der Waals surface area contributed by atoms with Gasteiger partial charge >= 0.3 is 33.0 Å². The summed E-state index contributed by atoms with van der Waals surface area (Å²) in [5.74, 6) is 0. The molecule has 0 aliphatic carbocycles. The van der Waals surface area contributed by atoms with Gasteiger partial charge in [0.15, 0.2) is 0 Å². The van der Waals surface area contributed by atoms with Crippen LogP contribution >= 0.6 is 0 Å². The first kappa shape index (κ1) is 57.2. The fourth-order valence-corrected chi connectivity index (χ4v) is 13.0. The fraction of sp³-hybridized carbons (Fsp3) is 0. The second-order valence-electron chi connectivity index (χ2n) is 22.5. The van der Waals surface area contributed by atoms with Crippen molar-refractivity contribution in [3.63, 3.8) is 0 Å². The van der Waals surface area contributed by atoms with Crippen LogP contribution in [0.1, 0.15) is 45.6 Å². The molecule has 0 unspecified atom stereocenters. The molecule has 0 N–H and O–H groups in total. The Morgan fingerprint density at radius 3 is 0.500 bits per heavy atom. The van der Waals surface area contributed by atoms with Crippen molar-refractivity contribution in [3.05, 3.63) is 300 Å². The summed E-state index contributed by atoms with van der Waals surface area (Å²) in [5, 5.41) is 0. The normalized spacial score (nSPS) is 12.0. The minimum Gasteiger partial charge on any atom is -0.657 e. The Hall–Kier alpha value is -11.3. The van der Waals surface area contributed by atoms with Crippen molar-refractivity contribution in [2.45, 2.75) is 0 Å². The number of hydrogen-bond donors (Lipinski definition) is 0. The summed E-state index contributed by atoms with van der Waals surface area (Å²) < 4.78 is 0. The Morgan fingerprint density at radius 2 is 0.315 bits per heavy atom.